The maximum absolute atomic E-state index is 12.2. The van der Waals surface area contributed by atoms with E-state index in [2.05, 4.69) is 12.2 Å². The van der Waals surface area contributed by atoms with E-state index < -0.39 is 5.97 Å². The Morgan fingerprint density at radius 1 is 1.05 bits per heavy atom. The van der Waals surface area contributed by atoms with E-state index in [0.717, 1.165) is 31.6 Å². The number of carbonyl (C=O) groups is 2. The number of amides is 2. The normalized spacial score (nSPS) is 27.4. The van der Waals surface area contributed by atoms with Gasteiger partial charge in [0.05, 0.1) is 0 Å². The molecule has 0 atom stereocenters. The number of urea groups is 1. The minimum atomic E-state index is -0.731. The van der Waals surface area contributed by atoms with Crippen LogP contribution in [-0.4, -0.2) is 41.1 Å². The first kappa shape index (κ1) is 16.1. The number of hydrogen-bond acceptors (Lipinski definition) is 2. The Hall–Kier alpha value is -1.26. The van der Waals surface area contributed by atoms with Crippen molar-refractivity contribution in [2.75, 3.05) is 13.1 Å². The van der Waals surface area contributed by atoms with Gasteiger partial charge in [0.2, 0.25) is 0 Å². The Morgan fingerprint density at radius 2 is 1.67 bits per heavy atom. The Labute approximate surface area is 127 Å². The van der Waals surface area contributed by atoms with E-state index in [9.17, 15) is 9.59 Å². The summed E-state index contributed by atoms with van der Waals surface area (Å²) >= 11 is 0. The van der Waals surface area contributed by atoms with Crippen LogP contribution in [0.4, 0.5) is 4.79 Å². The largest absolute Gasteiger partial charge is 0.481 e. The summed E-state index contributed by atoms with van der Waals surface area (Å²) in [6.07, 6.45) is 7.74. The van der Waals surface area contributed by atoms with Crippen LogP contribution >= 0.6 is 0 Å². The topological polar surface area (TPSA) is 69.6 Å². The van der Waals surface area contributed by atoms with Crippen LogP contribution in [0, 0.1) is 11.8 Å². The summed E-state index contributed by atoms with van der Waals surface area (Å²) in [5, 5.41) is 12.0. The molecular formula is C16H28N2O3. The highest BCUT2D eigenvalue weighted by Crippen LogP contribution is 2.27. The maximum atomic E-state index is 12.2. The van der Waals surface area contributed by atoms with Crippen molar-refractivity contribution in [3.05, 3.63) is 0 Å². The Bertz CT molecular complexity index is 357. The number of nitrogens with zero attached hydrogens (tertiary/aromatic N) is 1. The van der Waals surface area contributed by atoms with Crippen LogP contribution in [0.1, 0.15) is 58.3 Å². The van der Waals surface area contributed by atoms with Gasteiger partial charge in [-0.05, 0) is 50.4 Å². The molecule has 5 heteroatoms. The number of carboxylic acid groups (broad SMARTS) is 1. The first-order valence-electron chi connectivity index (χ1n) is 8.35. The molecule has 1 aliphatic heterocycles. The van der Waals surface area contributed by atoms with Gasteiger partial charge in [-0.2, -0.15) is 0 Å². The van der Waals surface area contributed by atoms with Crippen molar-refractivity contribution in [1.29, 1.82) is 0 Å². The SMILES string of the molecule is CCC1CCC(NC(=O)N2CCC(CC(=O)O)CC2)CC1. The molecule has 2 amide bonds. The lowest BCUT2D eigenvalue weighted by Crippen LogP contribution is -2.48. The minimum Gasteiger partial charge on any atom is -0.481 e. The van der Waals surface area contributed by atoms with Gasteiger partial charge in [-0.3, -0.25) is 4.79 Å². The van der Waals surface area contributed by atoms with Gasteiger partial charge in [0, 0.05) is 25.6 Å². The molecule has 1 heterocycles. The van der Waals surface area contributed by atoms with Crippen LogP contribution in [0.5, 0.6) is 0 Å². The Morgan fingerprint density at radius 3 is 2.19 bits per heavy atom. The van der Waals surface area contributed by atoms with E-state index >= 15 is 0 Å². The molecule has 2 fully saturated rings. The van der Waals surface area contributed by atoms with Gasteiger partial charge in [-0.1, -0.05) is 13.3 Å². The second-order valence-corrected chi connectivity index (χ2v) is 6.60. The predicted molar refractivity (Wildman–Crippen MR) is 81.1 cm³/mol. The lowest BCUT2D eigenvalue weighted by Gasteiger charge is -2.34. The van der Waals surface area contributed by atoms with E-state index in [-0.39, 0.29) is 18.4 Å². The standard InChI is InChI=1S/C16H28N2O3/c1-2-12-3-5-14(6-4-12)17-16(21)18-9-7-13(8-10-18)11-15(19)20/h12-14H,2-11H2,1H3,(H,17,21)(H,19,20). The molecule has 120 valence electrons. The van der Waals surface area contributed by atoms with Gasteiger partial charge in [-0.25, -0.2) is 4.79 Å². The summed E-state index contributed by atoms with van der Waals surface area (Å²) < 4.78 is 0. The molecule has 0 aromatic carbocycles. The highest BCUT2D eigenvalue weighted by atomic mass is 16.4. The number of carboxylic acids is 1. The van der Waals surface area contributed by atoms with Gasteiger partial charge in [0.1, 0.15) is 0 Å². The van der Waals surface area contributed by atoms with Gasteiger partial charge in [0.15, 0.2) is 0 Å². The number of hydrogen-bond donors (Lipinski definition) is 2. The lowest BCUT2D eigenvalue weighted by molar-refractivity contribution is -0.138. The monoisotopic (exact) mass is 296 g/mol. The van der Waals surface area contributed by atoms with Gasteiger partial charge >= 0.3 is 12.0 Å². The quantitative estimate of drug-likeness (QED) is 0.838. The molecule has 2 rings (SSSR count). The van der Waals surface area contributed by atoms with E-state index in [1.807, 2.05) is 4.90 Å². The molecule has 21 heavy (non-hydrogen) atoms. The maximum Gasteiger partial charge on any atom is 0.317 e. The second kappa shape index (κ2) is 7.66. The number of rotatable bonds is 4. The fourth-order valence-electron chi connectivity index (χ4n) is 3.57. The Balaban J connectivity index is 1.69. The Kier molecular flexibility index (Phi) is 5.88. The van der Waals surface area contributed by atoms with Crippen LogP contribution in [0.15, 0.2) is 0 Å². The summed E-state index contributed by atoms with van der Waals surface area (Å²) in [6.45, 7) is 3.62. The van der Waals surface area contributed by atoms with Gasteiger partial charge < -0.3 is 15.3 Å². The van der Waals surface area contributed by atoms with E-state index in [1.54, 1.807) is 0 Å². The third kappa shape index (κ3) is 4.90. The summed E-state index contributed by atoms with van der Waals surface area (Å²) in [5.74, 6) is 0.335. The molecule has 2 aliphatic rings. The minimum absolute atomic E-state index is 0.0451. The van der Waals surface area contributed by atoms with Crippen LogP contribution in [-0.2, 0) is 4.79 Å². The third-order valence-electron chi connectivity index (χ3n) is 5.12. The molecule has 1 saturated heterocycles. The van der Waals surface area contributed by atoms with Gasteiger partial charge in [0.25, 0.3) is 0 Å². The molecule has 2 N–H and O–H groups in total. The predicted octanol–water partition coefficient (Wildman–Crippen LogP) is 2.85. The highest BCUT2D eigenvalue weighted by molar-refractivity contribution is 5.74. The fourth-order valence-corrected chi connectivity index (χ4v) is 3.57. The van der Waals surface area contributed by atoms with Crippen LogP contribution < -0.4 is 5.32 Å². The van der Waals surface area contributed by atoms with Crippen molar-refractivity contribution in [1.82, 2.24) is 10.2 Å². The van der Waals surface area contributed by atoms with Crippen molar-refractivity contribution in [2.24, 2.45) is 11.8 Å². The number of likely N-dealkylation sites (tertiary alicyclic amines) is 1. The van der Waals surface area contributed by atoms with Crippen LogP contribution in [0.2, 0.25) is 0 Å². The number of piperidine rings is 1. The first-order valence-corrected chi connectivity index (χ1v) is 8.35. The molecule has 0 aromatic rings. The summed E-state index contributed by atoms with van der Waals surface area (Å²) in [5.41, 5.74) is 0. The molecule has 1 saturated carbocycles. The van der Waals surface area contributed by atoms with Crippen LogP contribution in [0.3, 0.4) is 0 Å². The van der Waals surface area contributed by atoms with Crippen LogP contribution in [0.25, 0.3) is 0 Å². The molecule has 0 aromatic heterocycles. The lowest BCUT2D eigenvalue weighted by atomic mass is 9.84. The highest BCUT2D eigenvalue weighted by Gasteiger charge is 2.27. The average molecular weight is 296 g/mol. The van der Waals surface area contributed by atoms with E-state index in [1.165, 1.54) is 19.3 Å². The number of nitrogens with one attached hydrogen (secondary N) is 1. The zero-order valence-corrected chi connectivity index (χ0v) is 13.0. The van der Waals surface area contributed by atoms with Crippen molar-refractivity contribution < 1.29 is 14.7 Å². The molecule has 0 bridgehead atoms. The van der Waals surface area contributed by atoms with Crippen molar-refractivity contribution in [3.63, 3.8) is 0 Å². The second-order valence-electron chi connectivity index (χ2n) is 6.60. The molecule has 5 nitrogen and oxygen atoms in total. The average Bonchev–Trinajstić information content (AvgIpc) is 2.48. The van der Waals surface area contributed by atoms with E-state index in [4.69, 9.17) is 5.11 Å². The van der Waals surface area contributed by atoms with Crippen molar-refractivity contribution >= 4 is 12.0 Å². The smallest absolute Gasteiger partial charge is 0.317 e. The number of aliphatic carboxylic acids is 1. The molecule has 0 unspecified atom stereocenters. The number of carbonyl (C=O) groups excluding carboxylic acids is 1. The molecular weight excluding hydrogens is 268 g/mol. The fraction of sp³-hybridized carbons (Fsp3) is 0.875. The summed E-state index contributed by atoms with van der Waals surface area (Å²) in [6, 6.07) is 0.376. The molecule has 1 aliphatic carbocycles. The van der Waals surface area contributed by atoms with Crippen molar-refractivity contribution in [3.8, 4) is 0 Å². The molecule has 0 radical (unpaired) electrons. The van der Waals surface area contributed by atoms with E-state index in [0.29, 0.717) is 19.1 Å². The summed E-state index contributed by atoms with van der Waals surface area (Å²) in [4.78, 5) is 24.8. The molecule has 0 spiro atoms. The zero-order chi connectivity index (χ0) is 15.2. The first-order chi connectivity index (χ1) is 10.1. The zero-order valence-electron chi connectivity index (χ0n) is 13.0. The third-order valence-corrected chi connectivity index (χ3v) is 5.12. The summed E-state index contributed by atoms with van der Waals surface area (Å²) in [7, 11) is 0. The van der Waals surface area contributed by atoms with Crippen molar-refractivity contribution in [2.45, 2.75) is 64.3 Å². The van der Waals surface area contributed by atoms with Gasteiger partial charge in [-0.15, -0.1) is 0 Å².